The number of anilines is 1. The summed E-state index contributed by atoms with van der Waals surface area (Å²) in [5, 5.41) is 2.91. The van der Waals surface area contributed by atoms with E-state index >= 15 is 0 Å². The molecule has 0 fully saturated rings. The monoisotopic (exact) mass is 442 g/mol. The van der Waals surface area contributed by atoms with E-state index < -0.39 is 0 Å². The van der Waals surface area contributed by atoms with Gasteiger partial charge in [0.2, 0.25) is 5.91 Å². The Kier molecular flexibility index (Phi) is 5.37. The fourth-order valence-electron chi connectivity index (χ4n) is 3.82. The zero-order valence-electron chi connectivity index (χ0n) is 17.9. The van der Waals surface area contributed by atoms with Crippen molar-refractivity contribution in [3.05, 3.63) is 89.9 Å². The van der Waals surface area contributed by atoms with Gasteiger partial charge in [-0.2, -0.15) is 0 Å². The molecule has 2 heterocycles. The number of furan rings is 1. The predicted molar refractivity (Wildman–Crippen MR) is 128 cm³/mol. The number of benzene rings is 3. The number of hydrogen-bond acceptors (Lipinski definition) is 5. The van der Waals surface area contributed by atoms with E-state index in [4.69, 9.17) is 14.1 Å². The minimum Gasteiger partial charge on any atom is -0.494 e. The van der Waals surface area contributed by atoms with Crippen LogP contribution < -0.4 is 9.64 Å². The Balaban J connectivity index is 1.52. The number of aryl methyl sites for hydroxylation is 1. The van der Waals surface area contributed by atoms with Gasteiger partial charge in [-0.25, -0.2) is 4.98 Å². The molecule has 0 spiro atoms. The molecule has 5 nitrogen and oxygen atoms in total. The molecule has 0 atom stereocenters. The molecule has 0 saturated carbocycles. The fraction of sp³-hybridized carbons (Fsp3) is 0.154. The SMILES string of the molecule is COc1ccc(C)c2sc(N(Cc3ccco3)C(=O)Cc3ccc4ccccc4c3)nc12. The quantitative estimate of drug-likeness (QED) is 0.317. The Hall–Kier alpha value is -3.64. The van der Waals surface area contributed by atoms with Crippen LogP contribution in [0.1, 0.15) is 16.9 Å². The molecule has 6 heteroatoms. The van der Waals surface area contributed by atoms with Gasteiger partial charge in [-0.1, -0.05) is 59.9 Å². The number of hydrogen-bond donors (Lipinski definition) is 0. The molecule has 5 rings (SSSR count). The van der Waals surface area contributed by atoms with Crippen molar-refractivity contribution in [1.29, 1.82) is 0 Å². The smallest absolute Gasteiger partial charge is 0.233 e. The summed E-state index contributed by atoms with van der Waals surface area (Å²) in [6.07, 6.45) is 1.89. The van der Waals surface area contributed by atoms with Gasteiger partial charge in [0, 0.05) is 0 Å². The summed E-state index contributed by atoms with van der Waals surface area (Å²) < 4.78 is 12.1. The number of nitrogens with zero attached hydrogens (tertiary/aromatic N) is 2. The summed E-state index contributed by atoms with van der Waals surface area (Å²) >= 11 is 1.50. The molecule has 0 aliphatic carbocycles. The van der Waals surface area contributed by atoms with Crippen LogP contribution in [0.5, 0.6) is 5.75 Å². The van der Waals surface area contributed by atoms with Crippen molar-refractivity contribution in [3.63, 3.8) is 0 Å². The molecule has 2 aromatic heterocycles. The van der Waals surface area contributed by atoms with Crippen molar-refractivity contribution in [2.45, 2.75) is 19.9 Å². The zero-order valence-corrected chi connectivity index (χ0v) is 18.7. The highest BCUT2D eigenvalue weighted by Crippen LogP contribution is 2.37. The van der Waals surface area contributed by atoms with Crippen molar-refractivity contribution in [3.8, 4) is 5.75 Å². The first kappa shape index (κ1) is 20.3. The first-order chi connectivity index (χ1) is 15.6. The molecule has 0 unspecified atom stereocenters. The van der Waals surface area contributed by atoms with Gasteiger partial charge < -0.3 is 9.15 Å². The Morgan fingerprint density at radius 1 is 1.06 bits per heavy atom. The topological polar surface area (TPSA) is 55.6 Å². The summed E-state index contributed by atoms with van der Waals surface area (Å²) in [5.41, 5.74) is 2.84. The van der Waals surface area contributed by atoms with Gasteiger partial charge in [-0.3, -0.25) is 9.69 Å². The maximum absolute atomic E-state index is 13.5. The predicted octanol–water partition coefficient (Wildman–Crippen LogP) is 6.14. The lowest BCUT2D eigenvalue weighted by Gasteiger charge is -2.19. The average Bonchev–Trinajstić information content (AvgIpc) is 3.48. The molecule has 0 N–H and O–H groups in total. The van der Waals surface area contributed by atoms with Crippen LogP contribution >= 0.6 is 11.3 Å². The summed E-state index contributed by atoms with van der Waals surface area (Å²) in [7, 11) is 1.63. The second kappa shape index (κ2) is 8.48. The molecule has 0 radical (unpaired) electrons. The minimum absolute atomic E-state index is 0.0349. The molecule has 32 heavy (non-hydrogen) atoms. The second-order valence-corrected chi connectivity index (χ2v) is 8.65. The van der Waals surface area contributed by atoms with Crippen LogP contribution in [0.25, 0.3) is 21.0 Å². The number of methoxy groups -OCH3 is 1. The van der Waals surface area contributed by atoms with Crippen molar-refractivity contribution >= 4 is 43.4 Å². The van der Waals surface area contributed by atoms with E-state index in [-0.39, 0.29) is 12.3 Å². The van der Waals surface area contributed by atoms with E-state index in [0.29, 0.717) is 23.2 Å². The second-order valence-electron chi connectivity index (χ2n) is 7.68. The van der Waals surface area contributed by atoms with Gasteiger partial charge >= 0.3 is 0 Å². The van der Waals surface area contributed by atoms with Gasteiger partial charge in [-0.05, 0) is 47.0 Å². The van der Waals surface area contributed by atoms with Gasteiger partial charge in [0.25, 0.3) is 0 Å². The Labute approximate surface area is 189 Å². The lowest BCUT2D eigenvalue weighted by atomic mass is 10.0. The Bertz CT molecular complexity index is 1410. The van der Waals surface area contributed by atoms with Crippen molar-refractivity contribution in [1.82, 2.24) is 4.98 Å². The number of carbonyl (C=O) groups excluding carboxylic acids is 1. The largest absolute Gasteiger partial charge is 0.494 e. The molecule has 0 aliphatic rings. The maximum Gasteiger partial charge on any atom is 0.233 e. The minimum atomic E-state index is -0.0349. The van der Waals surface area contributed by atoms with Crippen molar-refractivity contribution in [2.24, 2.45) is 0 Å². The third-order valence-electron chi connectivity index (χ3n) is 5.51. The van der Waals surface area contributed by atoms with E-state index in [9.17, 15) is 4.79 Å². The van der Waals surface area contributed by atoms with Crippen LogP contribution in [0.2, 0.25) is 0 Å². The number of ether oxygens (including phenoxy) is 1. The lowest BCUT2D eigenvalue weighted by molar-refractivity contribution is -0.118. The van der Waals surface area contributed by atoms with E-state index in [1.54, 1.807) is 18.3 Å². The third-order valence-corrected chi connectivity index (χ3v) is 6.72. The molecule has 160 valence electrons. The fourth-order valence-corrected chi connectivity index (χ4v) is 4.89. The molecule has 3 aromatic carbocycles. The summed E-state index contributed by atoms with van der Waals surface area (Å²) in [6, 6.07) is 21.9. The molecule has 0 saturated heterocycles. The molecule has 0 bridgehead atoms. The summed E-state index contributed by atoms with van der Waals surface area (Å²) in [6.45, 7) is 2.36. The molecule has 1 amide bonds. The van der Waals surface area contributed by atoms with Crippen LogP contribution in [0.3, 0.4) is 0 Å². The summed E-state index contributed by atoms with van der Waals surface area (Å²) in [4.78, 5) is 20.0. The third kappa shape index (κ3) is 3.85. The number of amides is 1. The first-order valence-corrected chi connectivity index (χ1v) is 11.2. The van der Waals surface area contributed by atoms with E-state index in [1.807, 2.05) is 49.4 Å². The van der Waals surface area contributed by atoms with Crippen LogP contribution in [0.4, 0.5) is 5.13 Å². The highest BCUT2D eigenvalue weighted by atomic mass is 32.1. The van der Waals surface area contributed by atoms with Crippen molar-refractivity contribution in [2.75, 3.05) is 12.0 Å². The Morgan fingerprint density at radius 3 is 2.69 bits per heavy atom. The highest BCUT2D eigenvalue weighted by molar-refractivity contribution is 7.22. The number of carbonyl (C=O) groups is 1. The lowest BCUT2D eigenvalue weighted by Crippen LogP contribution is -2.31. The van der Waals surface area contributed by atoms with Crippen LogP contribution in [-0.2, 0) is 17.8 Å². The van der Waals surface area contributed by atoms with Gasteiger partial charge in [0.1, 0.15) is 17.0 Å². The number of thiazole rings is 1. The molecular formula is C26H22N2O3S. The van der Waals surface area contributed by atoms with Crippen LogP contribution in [-0.4, -0.2) is 18.0 Å². The van der Waals surface area contributed by atoms with Crippen molar-refractivity contribution < 1.29 is 13.9 Å². The number of fused-ring (bicyclic) bond motifs is 2. The summed E-state index contributed by atoms with van der Waals surface area (Å²) in [5.74, 6) is 1.38. The van der Waals surface area contributed by atoms with Gasteiger partial charge in [0.15, 0.2) is 5.13 Å². The van der Waals surface area contributed by atoms with Gasteiger partial charge in [0.05, 0.1) is 31.0 Å². The molecule has 0 aliphatic heterocycles. The van der Waals surface area contributed by atoms with Crippen LogP contribution in [0.15, 0.2) is 77.4 Å². The highest BCUT2D eigenvalue weighted by Gasteiger charge is 2.23. The zero-order chi connectivity index (χ0) is 22.1. The normalized spacial score (nSPS) is 11.2. The number of aromatic nitrogens is 1. The molecular weight excluding hydrogens is 420 g/mol. The average molecular weight is 443 g/mol. The molecule has 5 aromatic rings. The van der Waals surface area contributed by atoms with E-state index in [2.05, 4.69) is 24.3 Å². The standard InChI is InChI=1S/C26H22N2O3S/c1-17-9-12-22(30-2)24-25(17)32-26(27-24)28(16-21-8-5-13-31-21)23(29)15-18-10-11-19-6-3-4-7-20(19)14-18/h3-14H,15-16H2,1-2H3. The maximum atomic E-state index is 13.5. The Morgan fingerprint density at radius 2 is 1.91 bits per heavy atom. The van der Waals surface area contributed by atoms with E-state index in [0.717, 1.165) is 32.1 Å². The number of rotatable bonds is 6. The van der Waals surface area contributed by atoms with Gasteiger partial charge in [-0.15, -0.1) is 0 Å². The van der Waals surface area contributed by atoms with E-state index in [1.165, 1.54) is 11.3 Å². The van der Waals surface area contributed by atoms with Crippen LogP contribution in [0, 0.1) is 6.92 Å². The first-order valence-electron chi connectivity index (χ1n) is 10.4.